The number of rotatable bonds is 14. The summed E-state index contributed by atoms with van der Waals surface area (Å²) in [5.41, 5.74) is 3.82. The van der Waals surface area contributed by atoms with Gasteiger partial charge in [0.05, 0.1) is 9.79 Å². The summed E-state index contributed by atoms with van der Waals surface area (Å²) in [6, 6.07) is 26.4. The van der Waals surface area contributed by atoms with Crippen molar-refractivity contribution in [3.8, 4) is 22.3 Å². The Morgan fingerprint density at radius 2 is 0.848 bits per heavy atom. The number of carbonyl (C=O) groups is 2. The molecule has 2 fully saturated rings. The van der Waals surface area contributed by atoms with Crippen molar-refractivity contribution in [2.45, 2.75) is 122 Å². The van der Waals surface area contributed by atoms with Gasteiger partial charge in [0.1, 0.15) is 5.60 Å². The van der Waals surface area contributed by atoms with Crippen LogP contribution in [0.3, 0.4) is 0 Å². The molecule has 0 aromatic heterocycles. The van der Waals surface area contributed by atoms with E-state index in [1.165, 1.54) is 24.3 Å². The van der Waals surface area contributed by atoms with Crippen molar-refractivity contribution in [3.63, 3.8) is 0 Å². The molecule has 2 heterocycles. The Morgan fingerprint density at radius 3 is 1.15 bits per heavy atom. The van der Waals surface area contributed by atoms with Crippen LogP contribution in [0.1, 0.15) is 83.3 Å². The number of halogens is 6. The highest BCUT2D eigenvalue weighted by atomic mass is 32.2. The molecule has 2 aliphatic rings. The second-order valence-electron chi connectivity index (χ2n) is 17.4. The molecule has 6 rings (SSSR count). The van der Waals surface area contributed by atoms with Gasteiger partial charge in [0, 0.05) is 65.0 Å². The van der Waals surface area contributed by atoms with Crippen LogP contribution in [-0.2, 0) is 56.3 Å². The monoisotopic (exact) mass is 968 g/mol. The van der Waals surface area contributed by atoms with E-state index in [9.17, 15) is 57.9 Å². The van der Waals surface area contributed by atoms with E-state index >= 15 is 0 Å². The summed E-state index contributed by atoms with van der Waals surface area (Å²) in [6.45, 7) is 5.51. The van der Waals surface area contributed by atoms with Crippen LogP contribution < -0.4 is 0 Å². The van der Waals surface area contributed by atoms with Gasteiger partial charge in [-0.15, -0.1) is 0 Å². The molecule has 2 saturated heterocycles. The van der Waals surface area contributed by atoms with Gasteiger partial charge in [0.15, 0.2) is 29.2 Å². The molecule has 4 aromatic carbocycles. The number of ether oxygens (including phenoxy) is 3. The fraction of sp³-hybridized carbons (Fsp3) is 0.458. The second-order valence-corrected chi connectivity index (χ2v) is 21.9. The first-order valence-electron chi connectivity index (χ1n) is 21.4. The number of aliphatic carboxylic acids is 1. The molecule has 66 heavy (non-hydrogen) atoms. The molecule has 0 aliphatic carbocycles. The van der Waals surface area contributed by atoms with Crippen molar-refractivity contribution in [2.24, 2.45) is 0 Å². The van der Waals surface area contributed by atoms with E-state index in [-0.39, 0.29) is 74.7 Å². The zero-order valence-electron chi connectivity index (χ0n) is 36.8. The minimum absolute atomic E-state index is 0.0157. The Labute approximate surface area is 381 Å². The number of sulfone groups is 2. The topological polar surface area (TPSA) is 150 Å². The number of hydrogen-bond acceptors (Lipinski definition) is 9. The van der Waals surface area contributed by atoms with Crippen LogP contribution in [0.25, 0.3) is 22.3 Å². The fourth-order valence-electron chi connectivity index (χ4n) is 7.77. The molecular weight excluding hydrogens is 915 g/mol. The standard InChI is InChI=1S/C26H31F3O5S.C22H23F3O5S/c1-24(2,3)34-23(30)25(15-17-33-18-16-25)35(31,32)22-12-10-21(11-13-22)20-8-6-19(7-9-20)5-4-14-26(27,28)29;23-22(24,25)11-1-2-16-3-5-17(6-4-16)18-7-9-19(10-8-18)31(28,29)21(20(26)27)12-14-30-15-13-21/h6-13H,4-5,14-18H2,1-3H3;3-10H,1-2,11-15H2,(H,26,27). The van der Waals surface area contributed by atoms with Crippen LogP contribution >= 0.6 is 0 Å². The first kappa shape index (κ1) is 52.2. The Morgan fingerprint density at radius 1 is 0.545 bits per heavy atom. The maximum Gasteiger partial charge on any atom is 0.389 e. The lowest BCUT2D eigenvalue weighted by Gasteiger charge is -2.36. The SMILES string of the molecule is CC(C)(C)OC(=O)C1(S(=O)(=O)c2ccc(-c3ccc(CCCC(F)(F)F)cc3)cc2)CCOCC1.O=C(O)C1(S(=O)(=O)c2ccc(-c3ccc(CCCC(F)(F)F)cc3)cc2)CCOCC1. The Hall–Kier alpha value is -4.78. The molecule has 0 saturated carbocycles. The lowest BCUT2D eigenvalue weighted by Crippen LogP contribution is -2.53. The van der Waals surface area contributed by atoms with Crippen molar-refractivity contribution < 1.29 is 72.1 Å². The summed E-state index contributed by atoms with van der Waals surface area (Å²) in [6.07, 6.45) is -9.46. The zero-order chi connectivity index (χ0) is 48.6. The number of benzene rings is 4. The first-order chi connectivity index (χ1) is 30.8. The van der Waals surface area contributed by atoms with Crippen LogP contribution in [0, 0.1) is 0 Å². The van der Waals surface area contributed by atoms with Crippen molar-refractivity contribution in [1.82, 2.24) is 0 Å². The minimum atomic E-state index is -4.16. The molecule has 360 valence electrons. The van der Waals surface area contributed by atoms with Gasteiger partial charge in [-0.1, -0.05) is 72.8 Å². The van der Waals surface area contributed by atoms with E-state index < -0.39 is 71.9 Å². The van der Waals surface area contributed by atoms with Gasteiger partial charge in [-0.2, -0.15) is 26.3 Å². The molecule has 4 aromatic rings. The van der Waals surface area contributed by atoms with Crippen molar-refractivity contribution in [1.29, 1.82) is 0 Å². The van der Waals surface area contributed by atoms with Crippen molar-refractivity contribution >= 4 is 31.6 Å². The molecule has 0 bridgehead atoms. The van der Waals surface area contributed by atoms with Crippen LogP contribution in [0.15, 0.2) is 107 Å². The molecule has 0 radical (unpaired) electrons. The van der Waals surface area contributed by atoms with Crippen LogP contribution in [0.4, 0.5) is 26.3 Å². The van der Waals surface area contributed by atoms with E-state index in [1.807, 2.05) is 0 Å². The molecule has 0 unspecified atom stereocenters. The molecule has 0 amide bonds. The highest BCUT2D eigenvalue weighted by molar-refractivity contribution is 7.94. The van der Waals surface area contributed by atoms with Gasteiger partial charge in [0.25, 0.3) is 0 Å². The Bertz CT molecular complexity index is 2470. The second kappa shape index (κ2) is 21.0. The van der Waals surface area contributed by atoms with E-state index in [4.69, 9.17) is 14.2 Å². The largest absolute Gasteiger partial charge is 0.480 e. The lowest BCUT2D eigenvalue weighted by atomic mass is 9.99. The number of alkyl halides is 6. The predicted octanol–water partition coefficient (Wildman–Crippen LogP) is 10.5. The maximum absolute atomic E-state index is 13.7. The molecule has 10 nitrogen and oxygen atoms in total. The summed E-state index contributed by atoms with van der Waals surface area (Å²) in [5, 5.41) is 9.65. The zero-order valence-corrected chi connectivity index (χ0v) is 38.5. The van der Waals surface area contributed by atoms with E-state index in [0.717, 1.165) is 33.4 Å². The van der Waals surface area contributed by atoms with Crippen molar-refractivity contribution in [3.05, 3.63) is 108 Å². The highest BCUT2D eigenvalue weighted by Gasteiger charge is 2.55. The number of carbonyl (C=O) groups excluding carboxylic acids is 1. The third-order valence-electron chi connectivity index (χ3n) is 11.5. The fourth-order valence-corrected chi connectivity index (χ4v) is 11.6. The van der Waals surface area contributed by atoms with Gasteiger partial charge in [-0.05, 0) is 104 Å². The number of esters is 1. The maximum atomic E-state index is 13.7. The molecule has 0 spiro atoms. The van der Waals surface area contributed by atoms with E-state index in [1.54, 1.807) is 93.6 Å². The average molecular weight is 969 g/mol. The van der Waals surface area contributed by atoms with E-state index in [2.05, 4.69) is 0 Å². The molecular formula is C48H54F6O10S2. The summed E-state index contributed by atoms with van der Waals surface area (Å²) < 4.78 is 140. The number of carboxylic acids is 1. The van der Waals surface area contributed by atoms with Crippen LogP contribution in [-0.4, -0.2) is 87.8 Å². The third-order valence-corrected chi connectivity index (χ3v) is 16.5. The summed E-state index contributed by atoms with van der Waals surface area (Å²) in [4.78, 5) is 24.9. The molecule has 2 aliphatic heterocycles. The van der Waals surface area contributed by atoms with Crippen molar-refractivity contribution in [2.75, 3.05) is 26.4 Å². The van der Waals surface area contributed by atoms with Gasteiger partial charge >= 0.3 is 24.3 Å². The summed E-state index contributed by atoms with van der Waals surface area (Å²) in [7, 11) is -8.19. The van der Waals surface area contributed by atoms with Gasteiger partial charge in [0.2, 0.25) is 0 Å². The predicted molar refractivity (Wildman–Crippen MR) is 235 cm³/mol. The summed E-state index contributed by atoms with van der Waals surface area (Å²) >= 11 is 0. The Kier molecular flexibility index (Phi) is 16.6. The molecule has 1 N–H and O–H groups in total. The highest BCUT2D eigenvalue weighted by Crippen LogP contribution is 2.39. The van der Waals surface area contributed by atoms with Crippen LogP contribution in [0.5, 0.6) is 0 Å². The molecule has 18 heteroatoms. The quantitative estimate of drug-likeness (QED) is 0.0955. The lowest BCUT2D eigenvalue weighted by molar-refractivity contribution is -0.161. The smallest absolute Gasteiger partial charge is 0.389 e. The average Bonchev–Trinajstić information content (AvgIpc) is 3.26. The molecule has 0 atom stereocenters. The van der Waals surface area contributed by atoms with Crippen LogP contribution in [0.2, 0.25) is 0 Å². The Balaban J connectivity index is 0.000000249. The number of hydrogen-bond donors (Lipinski definition) is 1. The van der Waals surface area contributed by atoms with Gasteiger partial charge < -0.3 is 19.3 Å². The normalized spacial score (nSPS) is 16.7. The number of aryl methyl sites for hydroxylation is 2. The van der Waals surface area contributed by atoms with E-state index in [0.29, 0.717) is 12.8 Å². The first-order valence-corrected chi connectivity index (χ1v) is 24.4. The van der Waals surface area contributed by atoms with Gasteiger partial charge in [-0.25, -0.2) is 16.8 Å². The summed E-state index contributed by atoms with van der Waals surface area (Å²) in [5.74, 6) is -2.14. The third kappa shape index (κ3) is 13.0. The van der Waals surface area contributed by atoms with Gasteiger partial charge in [-0.3, -0.25) is 9.59 Å². The minimum Gasteiger partial charge on any atom is -0.480 e. The number of carboxylic acid groups (broad SMARTS) is 1.